The normalized spacial score (nSPS) is 10.8. The van der Waals surface area contributed by atoms with Crippen LogP contribution in [0.25, 0.3) is 0 Å². The average Bonchev–Trinajstić information content (AvgIpc) is 2.79. The number of nitrogens with one attached hydrogen (secondary N) is 2. The van der Waals surface area contributed by atoms with Crippen molar-refractivity contribution in [2.45, 2.75) is 33.9 Å². The summed E-state index contributed by atoms with van der Waals surface area (Å²) in [7, 11) is 0. The molecule has 0 atom stereocenters. The summed E-state index contributed by atoms with van der Waals surface area (Å²) in [5.74, 6) is 1.19. The molecule has 8 heteroatoms. The van der Waals surface area contributed by atoms with E-state index < -0.39 is 0 Å². The number of rotatable bonds is 10. The van der Waals surface area contributed by atoms with E-state index >= 15 is 0 Å². The van der Waals surface area contributed by atoms with Gasteiger partial charge in [0.05, 0.1) is 11.1 Å². The molecule has 34 heavy (non-hydrogen) atoms. The summed E-state index contributed by atoms with van der Waals surface area (Å²) in [4.78, 5) is 11.8. The van der Waals surface area contributed by atoms with E-state index in [1.54, 1.807) is 12.1 Å². The van der Waals surface area contributed by atoms with Gasteiger partial charge in [0.25, 0.3) is 0 Å². The number of amides is 1. The van der Waals surface area contributed by atoms with Gasteiger partial charge in [-0.15, -0.1) is 0 Å². The van der Waals surface area contributed by atoms with Gasteiger partial charge in [-0.25, -0.2) is 0 Å². The topological polar surface area (TPSA) is 59.6 Å². The van der Waals surface area contributed by atoms with Crippen LogP contribution in [0.1, 0.15) is 31.9 Å². The van der Waals surface area contributed by atoms with Crippen molar-refractivity contribution in [1.82, 2.24) is 0 Å². The molecule has 0 saturated heterocycles. The smallest absolute Gasteiger partial charge is 0.226 e. The number of carbonyl (C=O) groups is 1. The maximum atomic E-state index is 11.8. The van der Waals surface area contributed by atoms with Crippen LogP contribution < -0.4 is 20.1 Å². The van der Waals surface area contributed by atoms with Crippen molar-refractivity contribution < 1.29 is 14.3 Å². The molecule has 3 rings (SSSR count). The lowest BCUT2D eigenvalue weighted by Gasteiger charge is -2.17. The van der Waals surface area contributed by atoms with Crippen LogP contribution in [0.3, 0.4) is 0 Å². The quantitative estimate of drug-likeness (QED) is 0.262. The number of hydrogen-bond donors (Lipinski definition) is 2. The summed E-state index contributed by atoms with van der Waals surface area (Å²) in [6.45, 7) is 7.03. The number of halogens is 3. The summed E-state index contributed by atoms with van der Waals surface area (Å²) in [6, 6.07) is 16.9. The van der Waals surface area contributed by atoms with E-state index in [0.717, 1.165) is 27.0 Å². The molecule has 0 fully saturated rings. The minimum atomic E-state index is -0.0640. The molecular weight excluding hydrogens is 539 g/mol. The minimum Gasteiger partial charge on any atom is -0.490 e. The van der Waals surface area contributed by atoms with E-state index in [1.165, 1.54) is 0 Å². The first-order valence-corrected chi connectivity index (χ1v) is 12.5. The van der Waals surface area contributed by atoms with Crippen LogP contribution in [0.2, 0.25) is 10.0 Å². The van der Waals surface area contributed by atoms with Gasteiger partial charge in [-0.2, -0.15) is 0 Å². The molecular formula is C26H27BrCl2N2O3. The fourth-order valence-corrected chi connectivity index (χ4v) is 4.14. The zero-order valence-corrected chi connectivity index (χ0v) is 22.4. The van der Waals surface area contributed by atoms with Crippen molar-refractivity contribution in [2.75, 3.05) is 17.2 Å². The van der Waals surface area contributed by atoms with Gasteiger partial charge in [0, 0.05) is 39.4 Å². The van der Waals surface area contributed by atoms with Crippen LogP contribution in [-0.4, -0.2) is 12.5 Å². The Bertz CT molecular complexity index is 1140. The molecule has 0 saturated carbocycles. The third-order valence-corrected chi connectivity index (χ3v) is 6.11. The Balaban J connectivity index is 1.68. The van der Waals surface area contributed by atoms with Gasteiger partial charge in [-0.3, -0.25) is 4.79 Å². The second kappa shape index (κ2) is 12.3. The summed E-state index contributed by atoms with van der Waals surface area (Å²) >= 11 is 15.9. The first-order chi connectivity index (χ1) is 16.3. The number of anilines is 2. The lowest BCUT2D eigenvalue weighted by atomic mass is 10.1. The van der Waals surface area contributed by atoms with Gasteiger partial charge in [0.1, 0.15) is 6.61 Å². The van der Waals surface area contributed by atoms with Gasteiger partial charge in [0.2, 0.25) is 5.91 Å². The lowest BCUT2D eigenvalue weighted by Crippen LogP contribution is -2.17. The molecule has 3 aromatic rings. The van der Waals surface area contributed by atoms with Crippen LogP contribution in [0.4, 0.5) is 11.4 Å². The average molecular weight is 566 g/mol. The Morgan fingerprint density at radius 2 is 1.71 bits per heavy atom. The van der Waals surface area contributed by atoms with Gasteiger partial charge in [-0.05, 0) is 76.9 Å². The third kappa shape index (κ3) is 7.29. The fourth-order valence-electron chi connectivity index (χ4n) is 3.08. The highest BCUT2D eigenvalue weighted by atomic mass is 79.9. The Morgan fingerprint density at radius 3 is 2.35 bits per heavy atom. The second-order valence-electron chi connectivity index (χ2n) is 7.94. The van der Waals surface area contributed by atoms with Crippen molar-refractivity contribution >= 4 is 56.4 Å². The maximum absolute atomic E-state index is 11.8. The highest BCUT2D eigenvalue weighted by Gasteiger charge is 2.14. The number of hydrogen-bond acceptors (Lipinski definition) is 4. The Hall–Kier alpha value is -2.41. The van der Waals surface area contributed by atoms with E-state index in [-0.39, 0.29) is 18.4 Å². The molecule has 3 aromatic carbocycles. The maximum Gasteiger partial charge on any atom is 0.226 e. The van der Waals surface area contributed by atoms with Crippen molar-refractivity contribution in [3.05, 3.63) is 80.2 Å². The summed E-state index contributed by atoms with van der Waals surface area (Å²) in [5.41, 5.74) is 3.56. The molecule has 0 unspecified atom stereocenters. The molecule has 180 valence electrons. The number of benzene rings is 3. The monoisotopic (exact) mass is 564 g/mol. The molecule has 0 aliphatic rings. The summed E-state index contributed by atoms with van der Waals surface area (Å²) in [6.07, 6.45) is 0. The van der Waals surface area contributed by atoms with Crippen molar-refractivity contribution in [3.63, 3.8) is 0 Å². The van der Waals surface area contributed by atoms with Crippen molar-refractivity contribution in [1.29, 1.82) is 0 Å². The molecule has 0 aliphatic heterocycles. The Labute approximate surface area is 218 Å². The first kappa shape index (κ1) is 26.2. The minimum absolute atomic E-state index is 0.00495. The molecule has 0 aliphatic carbocycles. The highest BCUT2D eigenvalue weighted by Crippen LogP contribution is 2.38. The molecule has 0 aromatic heterocycles. The summed E-state index contributed by atoms with van der Waals surface area (Å²) in [5, 5.41) is 7.41. The molecule has 1 amide bonds. The van der Waals surface area contributed by atoms with Crippen LogP contribution in [0.15, 0.2) is 59.1 Å². The molecule has 0 spiro atoms. The van der Waals surface area contributed by atoms with E-state index in [2.05, 4.69) is 26.6 Å². The lowest BCUT2D eigenvalue weighted by molar-refractivity contribution is -0.118. The largest absolute Gasteiger partial charge is 0.490 e. The van der Waals surface area contributed by atoms with E-state index in [4.69, 9.17) is 32.7 Å². The van der Waals surface area contributed by atoms with Crippen LogP contribution in [-0.2, 0) is 17.9 Å². The first-order valence-electron chi connectivity index (χ1n) is 10.9. The van der Waals surface area contributed by atoms with Crippen LogP contribution in [0, 0.1) is 5.92 Å². The van der Waals surface area contributed by atoms with Crippen LogP contribution >= 0.6 is 39.1 Å². The molecule has 2 N–H and O–H groups in total. The SMILES string of the molecule is CCOc1cc(CNc2ccc(NC(=O)C(C)C)cc2)cc(Br)c1OCc1ccc(Cl)cc1Cl. The highest BCUT2D eigenvalue weighted by molar-refractivity contribution is 9.10. The predicted molar refractivity (Wildman–Crippen MR) is 143 cm³/mol. The molecule has 0 radical (unpaired) electrons. The summed E-state index contributed by atoms with van der Waals surface area (Å²) < 4.78 is 12.7. The Morgan fingerprint density at radius 1 is 1.00 bits per heavy atom. The van der Waals surface area contributed by atoms with E-state index in [1.807, 2.05) is 63.2 Å². The number of ether oxygens (including phenoxy) is 2. The van der Waals surface area contributed by atoms with E-state index in [9.17, 15) is 4.79 Å². The molecule has 0 bridgehead atoms. The Kier molecular flexibility index (Phi) is 9.51. The number of carbonyl (C=O) groups excluding carboxylic acids is 1. The van der Waals surface area contributed by atoms with Gasteiger partial charge in [-0.1, -0.05) is 43.1 Å². The second-order valence-corrected chi connectivity index (χ2v) is 9.64. The zero-order valence-electron chi connectivity index (χ0n) is 19.3. The zero-order chi connectivity index (χ0) is 24.7. The van der Waals surface area contributed by atoms with Gasteiger partial charge in [0.15, 0.2) is 11.5 Å². The van der Waals surface area contributed by atoms with Gasteiger partial charge < -0.3 is 20.1 Å². The van der Waals surface area contributed by atoms with Crippen molar-refractivity contribution in [3.8, 4) is 11.5 Å². The van der Waals surface area contributed by atoms with Gasteiger partial charge >= 0.3 is 0 Å². The molecule has 5 nitrogen and oxygen atoms in total. The van der Waals surface area contributed by atoms with Crippen LogP contribution in [0.5, 0.6) is 11.5 Å². The van der Waals surface area contributed by atoms with E-state index in [0.29, 0.717) is 34.7 Å². The standard InChI is InChI=1S/C26H27BrCl2N2O3/c1-4-33-24-12-17(14-30-20-7-9-21(10-8-20)31-26(32)16(2)3)11-22(27)25(24)34-15-18-5-6-19(28)13-23(18)29/h5-13,16,30H,4,14-15H2,1-3H3,(H,31,32). The molecule has 0 heterocycles. The van der Waals surface area contributed by atoms with Crippen molar-refractivity contribution in [2.24, 2.45) is 5.92 Å². The fraction of sp³-hybridized carbons (Fsp3) is 0.269. The third-order valence-electron chi connectivity index (χ3n) is 4.93. The predicted octanol–water partition coefficient (Wildman–Crippen LogP) is 7.94.